The van der Waals surface area contributed by atoms with Gasteiger partial charge in [0.05, 0.1) is 6.54 Å². The van der Waals surface area contributed by atoms with Crippen molar-refractivity contribution < 1.29 is 9.90 Å². The summed E-state index contributed by atoms with van der Waals surface area (Å²) in [6.07, 6.45) is 1.20. The Balaban J connectivity index is 1.62. The number of hydrogen-bond donors (Lipinski definition) is 1. The summed E-state index contributed by atoms with van der Waals surface area (Å²) >= 11 is 0. The molecule has 23 heavy (non-hydrogen) atoms. The van der Waals surface area contributed by atoms with E-state index in [1.165, 1.54) is 6.42 Å². The van der Waals surface area contributed by atoms with Gasteiger partial charge in [0.15, 0.2) is 0 Å². The van der Waals surface area contributed by atoms with E-state index >= 15 is 0 Å². The van der Waals surface area contributed by atoms with Crippen LogP contribution in [0.3, 0.4) is 0 Å². The summed E-state index contributed by atoms with van der Waals surface area (Å²) < 4.78 is 0. The molecular weight excluding hydrogens is 292 g/mol. The van der Waals surface area contributed by atoms with Gasteiger partial charge in [-0.3, -0.25) is 9.69 Å². The number of aliphatic carboxylic acids is 1. The number of rotatable bonds is 4. The second-order valence-electron chi connectivity index (χ2n) is 8.14. The number of nitrogens with zero attached hydrogens (tertiary/aromatic N) is 4. The molecule has 3 heterocycles. The predicted octanol–water partition coefficient (Wildman–Crippen LogP) is -0.0426. The number of fused-ring (bicyclic) bond motifs is 1. The second-order valence-corrected chi connectivity index (χ2v) is 8.14. The molecule has 6 heteroatoms. The summed E-state index contributed by atoms with van der Waals surface area (Å²) in [4.78, 5) is 20.6. The third kappa shape index (κ3) is 3.55. The maximum atomic E-state index is 11.0. The van der Waals surface area contributed by atoms with Gasteiger partial charge in [-0.05, 0) is 46.3 Å². The summed E-state index contributed by atoms with van der Waals surface area (Å²) in [6, 6.07) is 1.83. The molecule has 5 unspecified atom stereocenters. The number of carboxylic acids is 1. The van der Waals surface area contributed by atoms with Gasteiger partial charge in [0, 0.05) is 50.8 Å². The van der Waals surface area contributed by atoms with Crippen LogP contribution in [0.5, 0.6) is 0 Å². The Hall–Kier alpha value is -0.690. The number of carboxylic acid groups (broad SMARTS) is 1. The number of likely N-dealkylation sites (tertiary alicyclic amines) is 2. The molecule has 1 N–H and O–H groups in total. The third-order valence-electron chi connectivity index (χ3n) is 6.45. The highest BCUT2D eigenvalue weighted by atomic mass is 16.4. The van der Waals surface area contributed by atoms with Crippen molar-refractivity contribution in [3.8, 4) is 0 Å². The lowest BCUT2D eigenvalue weighted by molar-refractivity contribution is -0.138. The monoisotopic (exact) mass is 324 g/mol. The maximum absolute atomic E-state index is 11.0. The zero-order valence-corrected chi connectivity index (χ0v) is 15.0. The molecule has 0 aromatic heterocycles. The molecule has 0 aliphatic carbocycles. The van der Waals surface area contributed by atoms with Gasteiger partial charge in [-0.25, -0.2) is 0 Å². The quantitative estimate of drug-likeness (QED) is 0.783. The van der Waals surface area contributed by atoms with E-state index in [0.717, 1.165) is 32.7 Å². The topological polar surface area (TPSA) is 50.3 Å². The van der Waals surface area contributed by atoms with Crippen molar-refractivity contribution in [1.82, 2.24) is 19.6 Å². The average Bonchev–Trinajstić information content (AvgIpc) is 2.93. The molecule has 5 atom stereocenters. The molecule has 3 rings (SSSR count). The van der Waals surface area contributed by atoms with E-state index in [-0.39, 0.29) is 6.54 Å². The molecule has 132 valence electrons. The first-order valence-electron chi connectivity index (χ1n) is 8.90. The summed E-state index contributed by atoms with van der Waals surface area (Å²) in [5.41, 5.74) is 0. The highest BCUT2D eigenvalue weighted by Crippen LogP contribution is 2.38. The number of hydrogen-bond acceptors (Lipinski definition) is 5. The van der Waals surface area contributed by atoms with Crippen LogP contribution in [0.25, 0.3) is 0 Å². The summed E-state index contributed by atoms with van der Waals surface area (Å²) in [5, 5.41) is 9.04. The molecule has 3 saturated heterocycles. The Kier molecular flexibility index (Phi) is 4.97. The molecule has 3 aliphatic heterocycles. The van der Waals surface area contributed by atoms with E-state index < -0.39 is 5.97 Å². The highest BCUT2D eigenvalue weighted by Gasteiger charge is 2.46. The smallest absolute Gasteiger partial charge is 0.317 e. The first-order valence-corrected chi connectivity index (χ1v) is 8.90. The summed E-state index contributed by atoms with van der Waals surface area (Å²) in [6.45, 7) is 7.80. The molecule has 0 aromatic rings. The van der Waals surface area contributed by atoms with Gasteiger partial charge in [-0.2, -0.15) is 0 Å². The van der Waals surface area contributed by atoms with Crippen molar-refractivity contribution in [3.05, 3.63) is 0 Å². The maximum Gasteiger partial charge on any atom is 0.317 e. The van der Waals surface area contributed by atoms with Crippen LogP contribution in [0, 0.1) is 11.8 Å². The minimum Gasteiger partial charge on any atom is -0.480 e. The van der Waals surface area contributed by atoms with Crippen LogP contribution in [0.15, 0.2) is 0 Å². The van der Waals surface area contributed by atoms with Crippen molar-refractivity contribution in [1.29, 1.82) is 0 Å². The molecular formula is C17H32N4O2. The molecule has 0 amide bonds. The molecule has 0 radical (unpaired) electrons. The molecule has 3 aliphatic rings. The van der Waals surface area contributed by atoms with Crippen LogP contribution >= 0.6 is 0 Å². The first-order chi connectivity index (χ1) is 10.8. The summed E-state index contributed by atoms with van der Waals surface area (Å²) in [7, 11) is 6.74. The van der Waals surface area contributed by atoms with Gasteiger partial charge in [0.2, 0.25) is 0 Å². The largest absolute Gasteiger partial charge is 0.480 e. The molecule has 3 fully saturated rings. The van der Waals surface area contributed by atoms with Crippen LogP contribution < -0.4 is 0 Å². The fourth-order valence-electron chi connectivity index (χ4n) is 5.02. The van der Waals surface area contributed by atoms with Crippen molar-refractivity contribution in [2.45, 2.75) is 31.5 Å². The minimum atomic E-state index is -0.697. The number of carbonyl (C=O) groups is 1. The SMILES string of the molecule is CC1CN(C)C(CC2C3CN(CC(=O)O)CC3CN2C)CN1C. The van der Waals surface area contributed by atoms with E-state index in [1.54, 1.807) is 0 Å². The van der Waals surface area contributed by atoms with Crippen molar-refractivity contribution in [2.24, 2.45) is 11.8 Å². The predicted molar refractivity (Wildman–Crippen MR) is 90.6 cm³/mol. The van der Waals surface area contributed by atoms with E-state index in [0.29, 0.717) is 30.0 Å². The molecule has 0 bridgehead atoms. The fraction of sp³-hybridized carbons (Fsp3) is 0.941. The molecule has 0 aromatic carbocycles. The van der Waals surface area contributed by atoms with Crippen LogP contribution in [0.4, 0.5) is 0 Å². The fourth-order valence-corrected chi connectivity index (χ4v) is 5.02. The minimum absolute atomic E-state index is 0.201. The molecule has 6 nitrogen and oxygen atoms in total. The van der Waals surface area contributed by atoms with Gasteiger partial charge < -0.3 is 19.8 Å². The van der Waals surface area contributed by atoms with Crippen LogP contribution in [-0.4, -0.2) is 109 Å². The average molecular weight is 324 g/mol. The van der Waals surface area contributed by atoms with Gasteiger partial charge in [-0.1, -0.05) is 0 Å². The van der Waals surface area contributed by atoms with Crippen LogP contribution in [-0.2, 0) is 4.79 Å². The van der Waals surface area contributed by atoms with Crippen molar-refractivity contribution >= 4 is 5.97 Å². The third-order valence-corrected chi connectivity index (χ3v) is 6.45. The van der Waals surface area contributed by atoms with Gasteiger partial charge in [0.1, 0.15) is 0 Å². The highest BCUT2D eigenvalue weighted by molar-refractivity contribution is 5.69. The normalized spacial score (nSPS) is 40.6. The van der Waals surface area contributed by atoms with E-state index in [4.69, 9.17) is 5.11 Å². The summed E-state index contributed by atoms with van der Waals surface area (Å²) in [5.74, 6) is 0.588. The Labute approximate surface area is 140 Å². The van der Waals surface area contributed by atoms with E-state index in [1.807, 2.05) is 0 Å². The zero-order chi connectivity index (χ0) is 16.7. The lowest BCUT2D eigenvalue weighted by Crippen LogP contribution is -2.56. The molecule has 0 spiro atoms. The second kappa shape index (κ2) is 6.67. The van der Waals surface area contributed by atoms with Crippen molar-refractivity contribution in [3.63, 3.8) is 0 Å². The molecule has 0 saturated carbocycles. The Morgan fingerprint density at radius 3 is 2.43 bits per heavy atom. The number of piperazine rings is 1. The van der Waals surface area contributed by atoms with Gasteiger partial charge in [-0.15, -0.1) is 0 Å². The Morgan fingerprint density at radius 1 is 1.00 bits per heavy atom. The van der Waals surface area contributed by atoms with E-state index in [9.17, 15) is 4.79 Å². The van der Waals surface area contributed by atoms with Crippen molar-refractivity contribution in [2.75, 3.05) is 60.4 Å². The standard InChI is InChI=1S/C17H32N4O2/c1-12-6-19(3)14(9-18(12)2)5-16-15-10-21(11-17(22)23)8-13(15)7-20(16)4/h12-16H,5-11H2,1-4H3,(H,22,23). The lowest BCUT2D eigenvalue weighted by Gasteiger charge is -2.44. The van der Waals surface area contributed by atoms with Crippen LogP contribution in [0.2, 0.25) is 0 Å². The van der Waals surface area contributed by atoms with E-state index in [2.05, 4.69) is 47.7 Å². The van der Waals surface area contributed by atoms with Gasteiger partial charge >= 0.3 is 5.97 Å². The van der Waals surface area contributed by atoms with Crippen LogP contribution in [0.1, 0.15) is 13.3 Å². The first kappa shape index (κ1) is 17.1. The van der Waals surface area contributed by atoms with Gasteiger partial charge in [0.25, 0.3) is 0 Å². The Bertz CT molecular complexity index is 446. The Morgan fingerprint density at radius 2 is 1.74 bits per heavy atom. The zero-order valence-electron chi connectivity index (χ0n) is 15.0. The lowest BCUT2D eigenvalue weighted by atomic mass is 9.89. The number of likely N-dealkylation sites (N-methyl/N-ethyl adjacent to an activating group) is 2.